The van der Waals surface area contributed by atoms with E-state index in [0.717, 1.165) is 61.0 Å². The topological polar surface area (TPSA) is 48.7 Å². The lowest BCUT2D eigenvalue weighted by atomic mass is 10.1. The maximum atomic E-state index is 13.3. The van der Waals surface area contributed by atoms with E-state index < -0.39 is 0 Å². The Labute approximate surface area is 223 Å². The quantitative estimate of drug-likeness (QED) is 0.270. The molecule has 5 aromatic rings. The average Bonchev–Trinajstić information content (AvgIpc) is 3.30. The van der Waals surface area contributed by atoms with Gasteiger partial charge in [-0.05, 0) is 42.1 Å². The summed E-state index contributed by atoms with van der Waals surface area (Å²) in [5.41, 5.74) is 3.62. The van der Waals surface area contributed by atoms with E-state index in [0.29, 0.717) is 5.56 Å². The first-order chi connectivity index (χ1) is 17.7. The molecule has 190 valence electrons. The van der Waals surface area contributed by atoms with E-state index in [-0.39, 0.29) is 24.5 Å². The van der Waals surface area contributed by atoms with E-state index >= 15 is 0 Å². The standard InChI is InChI=1S/C31H31N3O2.ClH/c1-2-8-30(32-31(35)23-15-16-29-26(21-23)25-12-5-6-14-28(25)36-29)34-19-17-33(18-20-34)27-13-7-10-22-9-3-4-11-24(22)27;/h3-7,9-16,21,30H,2,8,17-20H2,1H3,(H,32,35);1H. The highest BCUT2D eigenvalue weighted by Gasteiger charge is 2.26. The molecule has 4 aromatic carbocycles. The highest BCUT2D eigenvalue weighted by molar-refractivity contribution is 6.08. The number of carbonyl (C=O) groups excluding carboxylic acids is 1. The van der Waals surface area contributed by atoms with Gasteiger partial charge in [-0.3, -0.25) is 9.69 Å². The van der Waals surface area contributed by atoms with Crippen LogP contribution in [-0.4, -0.2) is 43.2 Å². The van der Waals surface area contributed by atoms with Crippen molar-refractivity contribution in [3.8, 4) is 0 Å². The summed E-state index contributed by atoms with van der Waals surface area (Å²) in [5, 5.41) is 7.92. The minimum absolute atomic E-state index is 0. The molecule has 0 saturated carbocycles. The molecule has 1 N–H and O–H groups in total. The molecule has 1 saturated heterocycles. The van der Waals surface area contributed by atoms with Gasteiger partial charge in [0.25, 0.3) is 5.91 Å². The number of hydrogen-bond donors (Lipinski definition) is 1. The molecule has 1 aromatic heterocycles. The molecule has 0 aliphatic carbocycles. The van der Waals surface area contributed by atoms with E-state index in [9.17, 15) is 4.79 Å². The summed E-state index contributed by atoms with van der Waals surface area (Å²) in [6, 6.07) is 28.8. The van der Waals surface area contributed by atoms with E-state index in [2.05, 4.69) is 64.5 Å². The number of piperazine rings is 1. The van der Waals surface area contributed by atoms with Crippen LogP contribution < -0.4 is 10.2 Å². The molecule has 1 amide bonds. The first-order valence-electron chi connectivity index (χ1n) is 12.9. The average molecular weight is 514 g/mol. The van der Waals surface area contributed by atoms with Crippen LogP contribution in [0.4, 0.5) is 5.69 Å². The first-order valence-corrected chi connectivity index (χ1v) is 12.9. The summed E-state index contributed by atoms with van der Waals surface area (Å²) in [5.74, 6) is -0.0304. The number of nitrogens with one attached hydrogen (secondary N) is 1. The number of rotatable bonds is 6. The number of benzene rings is 4. The third kappa shape index (κ3) is 4.89. The van der Waals surface area contributed by atoms with Crippen molar-refractivity contribution in [1.29, 1.82) is 0 Å². The number of fused-ring (bicyclic) bond motifs is 4. The van der Waals surface area contributed by atoms with Gasteiger partial charge >= 0.3 is 0 Å². The Kier molecular flexibility index (Phi) is 7.36. The van der Waals surface area contributed by atoms with Crippen molar-refractivity contribution in [3.63, 3.8) is 0 Å². The van der Waals surface area contributed by atoms with Gasteiger partial charge in [-0.1, -0.05) is 67.9 Å². The normalized spacial score (nSPS) is 15.1. The van der Waals surface area contributed by atoms with Crippen molar-refractivity contribution in [2.75, 3.05) is 31.1 Å². The molecule has 5 nitrogen and oxygen atoms in total. The second-order valence-corrected chi connectivity index (χ2v) is 9.61. The van der Waals surface area contributed by atoms with Gasteiger partial charge in [0.05, 0.1) is 6.17 Å². The molecular weight excluding hydrogens is 482 g/mol. The van der Waals surface area contributed by atoms with Crippen molar-refractivity contribution in [2.45, 2.75) is 25.9 Å². The maximum absolute atomic E-state index is 13.3. The lowest BCUT2D eigenvalue weighted by Crippen LogP contribution is -2.56. The monoisotopic (exact) mass is 513 g/mol. The second kappa shape index (κ2) is 10.8. The number of halogens is 1. The molecule has 1 unspecified atom stereocenters. The Morgan fingerprint density at radius 3 is 2.35 bits per heavy atom. The number of nitrogens with zero attached hydrogens (tertiary/aromatic N) is 2. The highest BCUT2D eigenvalue weighted by atomic mass is 35.5. The van der Waals surface area contributed by atoms with Crippen LogP contribution in [-0.2, 0) is 0 Å². The second-order valence-electron chi connectivity index (χ2n) is 9.61. The molecule has 2 heterocycles. The molecular formula is C31H32ClN3O2. The third-order valence-electron chi connectivity index (χ3n) is 7.36. The first kappa shape index (κ1) is 25.1. The summed E-state index contributed by atoms with van der Waals surface area (Å²) in [7, 11) is 0. The SMILES string of the molecule is CCCC(NC(=O)c1ccc2oc3ccccc3c2c1)N1CCN(c2cccc3ccccc23)CC1.Cl. The fourth-order valence-electron chi connectivity index (χ4n) is 5.48. The van der Waals surface area contributed by atoms with Crippen molar-refractivity contribution in [2.24, 2.45) is 0 Å². The van der Waals surface area contributed by atoms with Gasteiger partial charge < -0.3 is 14.6 Å². The van der Waals surface area contributed by atoms with Gasteiger partial charge in [0.15, 0.2) is 0 Å². The lowest BCUT2D eigenvalue weighted by Gasteiger charge is -2.40. The third-order valence-corrected chi connectivity index (χ3v) is 7.36. The molecule has 6 heteroatoms. The van der Waals surface area contributed by atoms with Gasteiger partial charge in [0.2, 0.25) is 0 Å². The van der Waals surface area contributed by atoms with E-state index in [4.69, 9.17) is 4.42 Å². The number of furan rings is 1. The zero-order chi connectivity index (χ0) is 24.5. The number of amides is 1. The van der Waals surface area contributed by atoms with Crippen LogP contribution in [0.1, 0.15) is 30.1 Å². The minimum atomic E-state index is -0.0304. The van der Waals surface area contributed by atoms with E-state index in [1.54, 1.807) is 0 Å². The molecule has 37 heavy (non-hydrogen) atoms. The van der Waals surface area contributed by atoms with E-state index in [1.807, 2.05) is 42.5 Å². The summed E-state index contributed by atoms with van der Waals surface area (Å²) in [6.07, 6.45) is 1.96. The summed E-state index contributed by atoms with van der Waals surface area (Å²) in [6.45, 7) is 5.89. The number of para-hydroxylation sites is 1. The fraction of sp³-hybridized carbons (Fsp3) is 0.258. The zero-order valence-corrected chi connectivity index (χ0v) is 21.8. The van der Waals surface area contributed by atoms with Gasteiger partial charge in [-0.2, -0.15) is 0 Å². The number of carbonyl (C=O) groups is 1. The van der Waals surface area contributed by atoms with E-state index in [1.165, 1.54) is 16.5 Å². The maximum Gasteiger partial charge on any atom is 0.252 e. The van der Waals surface area contributed by atoms with Crippen LogP contribution in [0.25, 0.3) is 32.7 Å². The predicted octanol–water partition coefficient (Wildman–Crippen LogP) is 6.84. The van der Waals surface area contributed by atoms with Crippen molar-refractivity contribution in [3.05, 3.63) is 90.5 Å². The van der Waals surface area contributed by atoms with Crippen LogP contribution in [0, 0.1) is 0 Å². The Hall–Kier alpha value is -3.54. The zero-order valence-electron chi connectivity index (χ0n) is 21.0. The van der Waals surface area contributed by atoms with Crippen molar-refractivity contribution < 1.29 is 9.21 Å². The predicted molar refractivity (Wildman–Crippen MR) is 155 cm³/mol. The molecule has 1 aliphatic heterocycles. The van der Waals surface area contributed by atoms with Gasteiger partial charge in [-0.15, -0.1) is 12.4 Å². The van der Waals surface area contributed by atoms with Crippen LogP contribution >= 0.6 is 12.4 Å². The van der Waals surface area contributed by atoms with Gasteiger partial charge in [-0.25, -0.2) is 0 Å². The lowest BCUT2D eigenvalue weighted by molar-refractivity contribution is 0.0824. The molecule has 0 radical (unpaired) electrons. The number of anilines is 1. The molecule has 6 rings (SSSR count). The van der Waals surface area contributed by atoms with Crippen LogP contribution in [0.2, 0.25) is 0 Å². The van der Waals surface area contributed by atoms with Gasteiger partial charge in [0, 0.05) is 53.6 Å². The fourth-order valence-corrected chi connectivity index (χ4v) is 5.48. The Bertz CT molecular complexity index is 1530. The molecule has 1 atom stereocenters. The Morgan fingerprint density at radius 1 is 0.838 bits per heavy atom. The van der Waals surface area contributed by atoms with Crippen LogP contribution in [0.15, 0.2) is 89.3 Å². The number of hydrogen-bond acceptors (Lipinski definition) is 4. The largest absolute Gasteiger partial charge is 0.456 e. The Morgan fingerprint density at radius 2 is 1.54 bits per heavy atom. The highest BCUT2D eigenvalue weighted by Crippen LogP contribution is 2.30. The van der Waals surface area contributed by atoms with Crippen molar-refractivity contribution >= 4 is 56.7 Å². The summed E-state index contributed by atoms with van der Waals surface area (Å²) < 4.78 is 5.93. The van der Waals surface area contributed by atoms with Gasteiger partial charge in [0.1, 0.15) is 11.2 Å². The molecule has 0 spiro atoms. The molecule has 1 fully saturated rings. The van der Waals surface area contributed by atoms with Crippen LogP contribution in [0.5, 0.6) is 0 Å². The molecule has 1 aliphatic rings. The summed E-state index contributed by atoms with van der Waals surface area (Å²) >= 11 is 0. The van der Waals surface area contributed by atoms with Crippen molar-refractivity contribution in [1.82, 2.24) is 10.2 Å². The Balaban J connectivity index is 0.00000280. The minimum Gasteiger partial charge on any atom is -0.456 e. The van der Waals surface area contributed by atoms with Crippen LogP contribution in [0.3, 0.4) is 0 Å². The summed E-state index contributed by atoms with van der Waals surface area (Å²) in [4.78, 5) is 18.2. The molecule has 0 bridgehead atoms. The smallest absolute Gasteiger partial charge is 0.252 e.